The third-order valence-electron chi connectivity index (χ3n) is 3.99. The molecule has 2 nitrogen and oxygen atoms in total. The van der Waals surface area contributed by atoms with Crippen molar-refractivity contribution in [3.05, 3.63) is 0 Å². The Bertz CT molecular complexity index is 168. The summed E-state index contributed by atoms with van der Waals surface area (Å²) >= 11 is 0. The van der Waals surface area contributed by atoms with E-state index in [2.05, 4.69) is 37.9 Å². The summed E-state index contributed by atoms with van der Waals surface area (Å²) in [6.45, 7) is 12.9. The highest BCUT2D eigenvalue weighted by Gasteiger charge is 2.25. The van der Waals surface area contributed by atoms with Gasteiger partial charge in [0.15, 0.2) is 0 Å². The maximum atomic E-state index is 3.58. The smallest absolute Gasteiger partial charge is 0.0195 e. The van der Waals surface area contributed by atoms with Crippen LogP contribution in [0.2, 0.25) is 0 Å². The summed E-state index contributed by atoms with van der Waals surface area (Å²) in [5.74, 6) is 0.824. The fourth-order valence-corrected chi connectivity index (χ4v) is 2.53. The Labute approximate surface area is 95.4 Å². The fourth-order valence-electron chi connectivity index (χ4n) is 2.53. The van der Waals surface area contributed by atoms with Crippen molar-refractivity contribution in [3.8, 4) is 0 Å². The third kappa shape index (κ3) is 3.76. The predicted molar refractivity (Wildman–Crippen MR) is 67.2 cm³/mol. The summed E-state index contributed by atoms with van der Waals surface area (Å²) in [5, 5.41) is 3.58. The molecule has 1 saturated heterocycles. The molecule has 0 saturated carbocycles. The van der Waals surface area contributed by atoms with Gasteiger partial charge >= 0.3 is 0 Å². The van der Waals surface area contributed by atoms with Crippen molar-refractivity contribution in [2.75, 3.05) is 19.6 Å². The van der Waals surface area contributed by atoms with Crippen LogP contribution in [0.3, 0.4) is 0 Å². The number of rotatable bonds is 5. The summed E-state index contributed by atoms with van der Waals surface area (Å²) in [4.78, 5) is 2.67. The molecule has 0 aliphatic carbocycles. The first-order valence-corrected chi connectivity index (χ1v) is 6.66. The summed E-state index contributed by atoms with van der Waals surface area (Å²) in [5.41, 5.74) is 0. The highest BCUT2D eigenvalue weighted by Crippen LogP contribution is 2.19. The maximum absolute atomic E-state index is 3.58. The molecule has 1 heterocycles. The number of likely N-dealkylation sites (N-methyl/N-ethyl adjacent to an activating group) is 1. The second-order valence-electron chi connectivity index (χ2n) is 5.02. The van der Waals surface area contributed by atoms with E-state index in [1.807, 2.05) is 0 Å². The van der Waals surface area contributed by atoms with Crippen LogP contribution >= 0.6 is 0 Å². The van der Waals surface area contributed by atoms with Crippen molar-refractivity contribution < 1.29 is 0 Å². The largest absolute Gasteiger partial charge is 0.313 e. The topological polar surface area (TPSA) is 15.3 Å². The van der Waals surface area contributed by atoms with E-state index in [1.54, 1.807) is 0 Å². The van der Waals surface area contributed by atoms with Gasteiger partial charge in [-0.15, -0.1) is 0 Å². The average Bonchev–Trinajstić information content (AvgIpc) is 2.28. The molecule has 1 fully saturated rings. The number of hydrogen-bond acceptors (Lipinski definition) is 2. The van der Waals surface area contributed by atoms with Gasteiger partial charge in [-0.2, -0.15) is 0 Å². The second kappa shape index (κ2) is 6.49. The molecule has 0 spiro atoms. The highest BCUT2D eigenvalue weighted by molar-refractivity contribution is 4.82. The van der Waals surface area contributed by atoms with Gasteiger partial charge in [-0.3, -0.25) is 4.90 Å². The van der Waals surface area contributed by atoms with E-state index in [-0.39, 0.29) is 0 Å². The molecule has 15 heavy (non-hydrogen) atoms. The van der Waals surface area contributed by atoms with Gasteiger partial charge in [0.05, 0.1) is 0 Å². The lowest BCUT2D eigenvalue weighted by atomic mass is 9.96. The van der Waals surface area contributed by atoms with Crippen LogP contribution in [-0.2, 0) is 0 Å². The molecule has 1 aliphatic heterocycles. The van der Waals surface area contributed by atoms with E-state index >= 15 is 0 Å². The molecule has 1 aliphatic rings. The van der Waals surface area contributed by atoms with Gasteiger partial charge in [-0.25, -0.2) is 0 Å². The number of likely N-dealkylation sites (tertiary alicyclic amines) is 1. The minimum absolute atomic E-state index is 0.732. The van der Waals surface area contributed by atoms with Crippen LogP contribution in [0.4, 0.5) is 0 Å². The van der Waals surface area contributed by atoms with Crippen LogP contribution < -0.4 is 5.32 Å². The Morgan fingerprint density at radius 3 is 2.67 bits per heavy atom. The van der Waals surface area contributed by atoms with E-state index in [1.165, 1.54) is 32.4 Å². The Morgan fingerprint density at radius 2 is 2.07 bits per heavy atom. The molecule has 1 rings (SSSR count). The zero-order chi connectivity index (χ0) is 11.3. The quantitative estimate of drug-likeness (QED) is 0.753. The third-order valence-corrected chi connectivity index (χ3v) is 3.99. The van der Waals surface area contributed by atoms with Crippen LogP contribution in [0, 0.1) is 5.92 Å². The predicted octanol–water partition coefficient (Wildman–Crippen LogP) is 2.49. The summed E-state index contributed by atoms with van der Waals surface area (Å²) in [6, 6.07) is 1.48. The summed E-state index contributed by atoms with van der Waals surface area (Å²) in [6.07, 6.45) is 4.01. The zero-order valence-corrected chi connectivity index (χ0v) is 10.9. The molecule has 3 atom stereocenters. The number of nitrogens with one attached hydrogen (secondary N) is 1. The Balaban J connectivity index is 2.41. The number of hydrogen-bond donors (Lipinski definition) is 1. The van der Waals surface area contributed by atoms with Crippen LogP contribution in [0.5, 0.6) is 0 Å². The van der Waals surface area contributed by atoms with Crippen molar-refractivity contribution in [1.29, 1.82) is 0 Å². The standard InChI is InChI=1S/C13H28N2/c1-5-11(3)12(4)15-9-7-8-13(10-15)14-6-2/h11-14H,5-10H2,1-4H3. The Morgan fingerprint density at radius 1 is 1.33 bits per heavy atom. The minimum Gasteiger partial charge on any atom is -0.313 e. The van der Waals surface area contributed by atoms with E-state index in [4.69, 9.17) is 0 Å². The first-order valence-electron chi connectivity index (χ1n) is 6.66. The van der Waals surface area contributed by atoms with E-state index in [0.29, 0.717) is 0 Å². The Kier molecular flexibility index (Phi) is 5.62. The fraction of sp³-hybridized carbons (Fsp3) is 1.00. The molecule has 90 valence electrons. The van der Waals surface area contributed by atoms with Crippen molar-refractivity contribution in [3.63, 3.8) is 0 Å². The van der Waals surface area contributed by atoms with Gasteiger partial charge in [0.2, 0.25) is 0 Å². The lowest BCUT2D eigenvalue weighted by molar-refractivity contribution is 0.112. The first kappa shape index (κ1) is 13.0. The van der Waals surface area contributed by atoms with Crippen molar-refractivity contribution in [2.24, 2.45) is 5.92 Å². The van der Waals surface area contributed by atoms with Crippen LogP contribution in [0.1, 0.15) is 47.0 Å². The van der Waals surface area contributed by atoms with E-state index < -0.39 is 0 Å². The molecule has 0 aromatic rings. The van der Waals surface area contributed by atoms with Gasteiger partial charge in [-0.05, 0) is 38.8 Å². The van der Waals surface area contributed by atoms with Gasteiger partial charge in [0.25, 0.3) is 0 Å². The molecule has 2 heteroatoms. The molecule has 3 unspecified atom stereocenters. The summed E-state index contributed by atoms with van der Waals surface area (Å²) in [7, 11) is 0. The van der Waals surface area contributed by atoms with Gasteiger partial charge < -0.3 is 5.32 Å². The SMILES string of the molecule is CCNC1CCCN(C(C)C(C)CC)C1. The van der Waals surface area contributed by atoms with Crippen LogP contribution in [0.25, 0.3) is 0 Å². The second-order valence-corrected chi connectivity index (χ2v) is 5.02. The van der Waals surface area contributed by atoms with Gasteiger partial charge in [-0.1, -0.05) is 27.2 Å². The van der Waals surface area contributed by atoms with E-state index in [0.717, 1.165) is 24.5 Å². The molecule has 0 aromatic carbocycles. The Hall–Kier alpha value is -0.0800. The van der Waals surface area contributed by atoms with Gasteiger partial charge in [0, 0.05) is 18.6 Å². The number of nitrogens with zero attached hydrogens (tertiary/aromatic N) is 1. The molecule has 0 bridgehead atoms. The molecule has 0 aromatic heterocycles. The van der Waals surface area contributed by atoms with Crippen molar-refractivity contribution in [2.45, 2.75) is 59.0 Å². The normalized spacial score (nSPS) is 27.6. The molecule has 1 N–H and O–H groups in total. The average molecular weight is 212 g/mol. The summed E-state index contributed by atoms with van der Waals surface area (Å²) < 4.78 is 0. The molecule has 0 amide bonds. The molecular formula is C13H28N2. The number of piperidine rings is 1. The highest BCUT2D eigenvalue weighted by atomic mass is 15.2. The zero-order valence-electron chi connectivity index (χ0n) is 10.9. The molecule has 0 radical (unpaired) electrons. The van der Waals surface area contributed by atoms with Crippen LogP contribution in [-0.4, -0.2) is 36.6 Å². The maximum Gasteiger partial charge on any atom is 0.0195 e. The lowest BCUT2D eigenvalue weighted by Gasteiger charge is -2.39. The van der Waals surface area contributed by atoms with Crippen molar-refractivity contribution >= 4 is 0 Å². The monoisotopic (exact) mass is 212 g/mol. The van der Waals surface area contributed by atoms with Crippen LogP contribution in [0.15, 0.2) is 0 Å². The lowest BCUT2D eigenvalue weighted by Crippen LogP contribution is -2.50. The van der Waals surface area contributed by atoms with Crippen molar-refractivity contribution in [1.82, 2.24) is 10.2 Å². The molecular weight excluding hydrogens is 184 g/mol. The first-order chi connectivity index (χ1) is 7.19. The van der Waals surface area contributed by atoms with E-state index in [9.17, 15) is 0 Å². The van der Waals surface area contributed by atoms with Gasteiger partial charge in [0.1, 0.15) is 0 Å². The minimum atomic E-state index is 0.732.